The average molecular weight is 232 g/mol. The van der Waals surface area contributed by atoms with Gasteiger partial charge in [0.2, 0.25) is 0 Å². The third-order valence-corrected chi connectivity index (χ3v) is 2.76. The molecule has 0 saturated carbocycles. The maximum absolute atomic E-state index is 5.16. The highest BCUT2D eigenvalue weighted by Crippen LogP contribution is 2.24. The molecule has 0 aliphatic carbocycles. The molecule has 90 valence electrons. The molecule has 0 amide bonds. The van der Waals surface area contributed by atoms with E-state index in [2.05, 4.69) is 27.4 Å². The highest BCUT2D eigenvalue weighted by Gasteiger charge is 2.17. The van der Waals surface area contributed by atoms with Crippen LogP contribution in [0.3, 0.4) is 0 Å². The lowest BCUT2D eigenvalue weighted by molar-refractivity contribution is 0.392. The SMILES string of the molecule is Cc1nccnc1NC(C)c1c(C)noc1C. The Morgan fingerprint density at radius 1 is 1.12 bits per heavy atom. The van der Waals surface area contributed by atoms with Crippen LogP contribution in [0.25, 0.3) is 0 Å². The third kappa shape index (κ3) is 2.27. The number of nitrogens with one attached hydrogen (secondary N) is 1. The third-order valence-electron chi connectivity index (χ3n) is 2.76. The van der Waals surface area contributed by atoms with E-state index in [0.717, 1.165) is 28.5 Å². The molecule has 0 aliphatic heterocycles. The molecule has 0 fully saturated rings. The Morgan fingerprint density at radius 2 is 1.82 bits per heavy atom. The van der Waals surface area contributed by atoms with E-state index in [4.69, 9.17) is 4.52 Å². The number of aromatic nitrogens is 3. The van der Waals surface area contributed by atoms with Gasteiger partial charge in [0.05, 0.1) is 17.4 Å². The molecule has 0 bridgehead atoms. The summed E-state index contributed by atoms with van der Waals surface area (Å²) < 4.78 is 5.16. The van der Waals surface area contributed by atoms with E-state index < -0.39 is 0 Å². The largest absolute Gasteiger partial charge is 0.362 e. The minimum atomic E-state index is 0.0941. The molecule has 5 heteroatoms. The Balaban J connectivity index is 2.23. The number of aryl methyl sites for hydroxylation is 3. The molecule has 2 rings (SSSR count). The summed E-state index contributed by atoms with van der Waals surface area (Å²) in [5, 5.41) is 7.27. The molecule has 0 spiro atoms. The van der Waals surface area contributed by atoms with E-state index in [9.17, 15) is 0 Å². The van der Waals surface area contributed by atoms with Crippen molar-refractivity contribution in [3.8, 4) is 0 Å². The van der Waals surface area contributed by atoms with Crippen LogP contribution in [0.5, 0.6) is 0 Å². The summed E-state index contributed by atoms with van der Waals surface area (Å²) in [5.74, 6) is 1.63. The first-order valence-corrected chi connectivity index (χ1v) is 5.56. The van der Waals surface area contributed by atoms with Gasteiger partial charge in [-0.1, -0.05) is 5.16 Å². The van der Waals surface area contributed by atoms with Crippen molar-refractivity contribution in [1.82, 2.24) is 15.1 Å². The number of rotatable bonds is 3. The van der Waals surface area contributed by atoms with Gasteiger partial charge < -0.3 is 9.84 Å². The summed E-state index contributed by atoms with van der Waals surface area (Å²) in [6.07, 6.45) is 3.36. The molecule has 1 unspecified atom stereocenters. The van der Waals surface area contributed by atoms with Crippen LogP contribution < -0.4 is 5.32 Å². The monoisotopic (exact) mass is 232 g/mol. The van der Waals surface area contributed by atoms with Crippen molar-refractivity contribution in [1.29, 1.82) is 0 Å². The summed E-state index contributed by atoms with van der Waals surface area (Å²) in [5.41, 5.74) is 2.87. The lowest BCUT2D eigenvalue weighted by Gasteiger charge is -2.15. The highest BCUT2D eigenvalue weighted by molar-refractivity contribution is 5.42. The first-order valence-electron chi connectivity index (χ1n) is 5.56. The van der Waals surface area contributed by atoms with E-state index in [1.807, 2.05) is 20.8 Å². The van der Waals surface area contributed by atoms with E-state index in [1.54, 1.807) is 12.4 Å². The van der Waals surface area contributed by atoms with Crippen LogP contribution in [-0.2, 0) is 0 Å². The first kappa shape index (κ1) is 11.6. The molecule has 2 aromatic heterocycles. The number of nitrogens with zero attached hydrogens (tertiary/aromatic N) is 3. The first-order chi connectivity index (χ1) is 8.09. The Bertz CT molecular complexity index is 501. The Labute approximate surface area is 100 Å². The molecule has 0 aromatic carbocycles. The zero-order valence-electron chi connectivity index (χ0n) is 10.5. The van der Waals surface area contributed by atoms with Gasteiger partial charge >= 0.3 is 0 Å². The summed E-state index contributed by atoms with van der Waals surface area (Å²) in [7, 11) is 0. The van der Waals surface area contributed by atoms with Crippen molar-refractivity contribution in [3.63, 3.8) is 0 Å². The lowest BCUT2D eigenvalue weighted by atomic mass is 10.1. The fraction of sp³-hybridized carbons (Fsp3) is 0.417. The average Bonchev–Trinajstić information content (AvgIpc) is 2.62. The lowest BCUT2D eigenvalue weighted by Crippen LogP contribution is -2.11. The van der Waals surface area contributed by atoms with Gasteiger partial charge in [-0.2, -0.15) is 0 Å². The Hall–Kier alpha value is -1.91. The van der Waals surface area contributed by atoms with Gasteiger partial charge in [-0.15, -0.1) is 0 Å². The molecular weight excluding hydrogens is 216 g/mol. The Morgan fingerprint density at radius 3 is 2.41 bits per heavy atom. The molecule has 1 N–H and O–H groups in total. The second-order valence-electron chi connectivity index (χ2n) is 4.09. The van der Waals surface area contributed by atoms with Crippen molar-refractivity contribution in [2.24, 2.45) is 0 Å². The van der Waals surface area contributed by atoms with Gasteiger partial charge in [0.1, 0.15) is 11.6 Å². The zero-order chi connectivity index (χ0) is 12.4. The molecule has 2 aromatic rings. The van der Waals surface area contributed by atoms with Crippen LogP contribution in [0.1, 0.15) is 35.7 Å². The predicted octanol–water partition coefficient (Wildman–Crippen LogP) is 2.56. The van der Waals surface area contributed by atoms with Gasteiger partial charge in [-0.25, -0.2) is 4.98 Å². The second-order valence-corrected chi connectivity index (χ2v) is 4.09. The number of hydrogen-bond acceptors (Lipinski definition) is 5. The smallest absolute Gasteiger partial charge is 0.147 e. The molecule has 17 heavy (non-hydrogen) atoms. The van der Waals surface area contributed by atoms with Gasteiger partial charge in [-0.3, -0.25) is 4.98 Å². The highest BCUT2D eigenvalue weighted by atomic mass is 16.5. The molecule has 0 saturated heterocycles. The minimum Gasteiger partial charge on any atom is -0.362 e. The van der Waals surface area contributed by atoms with Crippen LogP contribution in [0, 0.1) is 20.8 Å². The quantitative estimate of drug-likeness (QED) is 0.881. The second kappa shape index (κ2) is 4.53. The number of hydrogen-bond donors (Lipinski definition) is 1. The molecule has 0 aliphatic rings. The fourth-order valence-electron chi connectivity index (χ4n) is 1.93. The maximum Gasteiger partial charge on any atom is 0.147 e. The fourth-order valence-corrected chi connectivity index (χ4v) is 1.93. The van der Waals surface area contributed by atoms with Crippen LogP contribution in [-0.4, -0.2) is 15.1 Å². The predicted molar refractivity (Wildman–Crippen MR) is 64.8 cm³/mol. The molecule has 5 nitrogen and oxygen atoms in total. The van der Waals surface area contributed by atoms with E-state index in [-0.39, 0.29) is 6.04 Å². The molecular formula is C12H16N4O. The summed E-state index contributed by atoms with van der Waals surface area (Å²) >= 11 is 0. The van der Waals surface area contributed by atoms with E-state index >= 15 is 0 Å². The zero-order valence-corrected chi connectivity index (χ0v) is 10.5. The summed E-state index contributed by atoms with van der Waals surface area (Å²) in [4.78, 5) is 8.46. The van der Waals surface area contributed by atoms with Crippen molar-refractivity contribution in [2.45, 2.75) is 33.7 Å². The van der Waals surface area contributed by atoms with Crippen LogP contribution in [0.15, 0.2) is 16.9 Å². The van der Waals surface area contributed by atoms with Gasteiger partial charge in [0.15, 0.2) is 0 Å². The topological polar surface area (TPSA) is 63.8 Å². The minimum absolute atomic E-state index is 0.0941. The van der Waals surface area contributed by atoms with E-state index in [0.29, 0.717) is 0 Å². The normalized spacial score (nSPS) is 12.5. The van der Waals surface area contributed by atoms with Crippen molar-refractivity contribution >= 4 is 5.82 Å². The maximum atomic E-state index is 5.16. The standard InChI is InChI=1S/C12H16N4O/c1-7(11-8(2)16-17-10(11)4)15-12-9(3)13-5-6-14-12/h5-7H,1-4H3,(H,14,15). The van der Waals surface area contributed by atoms with Gasteiger partial charge in [-0.05, 0) is 27.7 Å². The van der Waals surface area contributed by atoms with Gasteiger partial charge in [0, 0.05) is 18.0 Å². The van der Waals surface area contributed by atoms with Crippen LogP contribution in [0.4, 0.5) is 5.82 Å². The van der Waals surface area contributed by atoms with Crippen LogP contribution >= 0.6 is 0 Å². The van der Waals surface area contributed by atoms with Gasteiger partial charge in [0.25, 0.3) is 0 Å². The summed E-state index contributed by atoms with van der Waals surface area (Å²) in [6, 6.07) is 0.0941. The number of anilines is 1. The molecule has 2 heterocycles. The van der Waals surface area contributed by atoms with Crippen molar-refractivity contribution < 1.29 is 4.52 Å². The Kier molecular flexibility index (Phi) is 3.08. The van der Waals surface area contributed by atoms with Crippen LogP contribution in [0.2, 0.25) is 0 Å². The molecule has 1 atom stereocenters. The van der Waals surface area contributed by atoms with Crippen molar-refractivity contribution in [3.05, 3.63) is 35.1 Å². The molecule has 0 radical (unpaired) electrons. The van der Waals surface area contributed by atoms with E-state index in [1.165, 1.54) is 0 Å². The summed E-state index contributed by atoms with van der Waals surface area (Å²) in [6.45, 7) is 7.83. The van der Waals surface area contributed by atoms with Crippen molar-refractivity contribution in [2.75, 3.05) is 5.32 Å².